The minimum absolute atomic E-state index is 0.0859. The van der Waals surface area contributed by atoms with Crippen molar-refractivity contribution in [1.82, 2.24) is 10.2 Å². The van der Waals surface area contributed by atoms with Crippen molar-refractivity contribution in [2.45, 2.75) is 32.4 Å². The van der Waals surface area contributed by atoms with Crippen LogP contribution in [-0.4, -0.2) is 45.8 Å². The van der Waals surface area contributed by atoms with Gasteiger partial charge in [0, 0.05) is 6.42 Å². The number of hydrogen-bond acceptors (Lipinski definition) is 4. The Hall–Kier alpha value is -3.48. The second-order valence-electron chi connectivity index (χ2n) is 7.30. The van der Waals surface area contributed by atoms with E-state index in [1.807, 2.05) is 6.07 Å². The summed E-state index contributed by atoms with van der Waals surface area (Å²) in [6.45, 7) is 3.35. The zero-order valence-electron chi connectivity index (χ0n) is 16.2. The molecule has 0 fully saturated rings. The molecular weight excluding hydrogens is 372 g/mol. The van der Waals surface area contributed by atoms with Gasteiger partial charge in [-0.3, -0.25) is 19.3 Å². The number of amides is 3. The number of nitrogens with zero attached hydrogens (tertiary/aromatic N) is 1. The molecule has 2 atom stereocenters. The maximum absolute atomic E-state index is 13.1. The van der Waals surface area contributed by atoms with Gasteiger partial charge in [-0.15, -0.1) is 0 Å². The third-order valence-corrected chi connectivity index (χ3v) is 4.94. The maximum atomic E-state index is 13.1. The standard InChI is InChI=1S/C22H22N2O5/c1-13(2)18(22(28)29)23-19(25)17(12-14-8-4-3-5-9-14)24-20(26)15-10-6-7-11-16(15)21(24)27/h3-11,13,17-18H,12H2,1-2H3,(H,23,25)(H,28,29)/t17-,18-/m0/s1. The Balaban J connectivity index is 1.96. The molecule has 0 aliphatic carbocycles. The third kappa shape index (κ3) is 4.03. The van der Waals surface area contributed by atoms with Gasteiger partial charge < -0.3 is 10.4 Å². The van der Waals surface area contributed by atoms with Crippen molar-refractivity contribution < 1.29 is 24.3 Å². The molecule has 2 aromatic rings. The smallest absolute Gasteiger partial charge is 0.326 e. The van der Waals surface area contributed by atoms with Crippen LogP contribution in [0.15, 0.2) is 54.6 Å². The molecule has 1 heterocycles. The number of aliphatic carboxylic acids is 1. The predicted molar refractivity (Wildman–Crippen MR) is 105 cm³/mol. The molecule has 0 spiro atoms. The van der Waals surface area contributed by atoms with Crippen molar-refractivity contribution in [3.05, 3.63) is 71.3 Å². The third-order valence-electron chi connectivity index (χ3n) is 4.94. The number of imide groups is 1. The molecule has 2 aromatic carbocycles. The van der Waals surface area contributed by atoms with Crippen LogP contribution in [0.2, 0.25) is 0 Å². The van der Waals surface area contributed by atoms with Crippen molar-refractivity contribution in [2.75, 3.05) is 0 Å². The highest BCUT2D eigenvalue weighted by Gasteiger charge is 2.43. The SMILES string of the molecule is CC(C)[C@H](NC(=O)[C@H](Cc1ccccc1)N1C(=O)c2ccccc2C1=O)C(=O)O. The second-order valence-corrected chi connectivity index (χ2v) is 7.30. The van der Waals surface area contributed by atoms with Gasteiger partial charge in [-0.25, -0.2) is 4.79 Å². The van der Waals surface area contributed by atoms with Crippen LogP contribution in [0.5, 0.6) is 0 Å². The molecule has 0 bridgehead atoms. The summed E-state index contributed by atoms with van der Waals surface area (Å²) in [4.78, 5) is 51.3. The summed E-state index contributed by atoms with van der Waals surface area (Å²) in [6.07, 6.45) is 0.0859. The zero-order chi connectivity index (χ0) is 21.1. The van der Waals surface area contributed by atoms with Crippen molar-refractivity contribution >= 4 is 23.7 Å². The van der Waals surface area contributed by atoms with Crippen LogP contribution in [0.4, 0.5) is 0 Å². The van der Waals surface area contributed by atoms with Crippen LogP contribution in [0.1, 0.15) is 40.1 Å². The van der Waals surface area contributed by atoms with Gasteiger partial charge in [-0.05, 0) is 23.6 Å². The summed E-state index contributed by atoms with van der Waals surface area (Å²) in [5, 5.41) is 11.9. The van der Waals surface area contributed by atoms with E-state index in [2.05, 4.69) is 5.32 Å². The Morgan fingerprint density at radius 3 is 1.93 bits per heavy atom. The number of benzene rings is 2. The average molecular weight is 394 g/mol. The molecule has 0 saturated heterocycles. The van der Waals surface area contributed by atoms with Gasteiger partial charge in [0.2, 0.25) is 5.91 Å². The van der Waals surface area contributed by atoms with Crippen LogP contribution in [0.3, 0.4) is 0 Å². The van der Waals surface area contributed by atoms with E-state index in [-0.39, 0.29) is 23.5 Å². The molecule has 0 radical (unpaired) electrons. The lowest BCUT2D eigenvalue weighted by molar-refractivity contribution is -0.143. The van der Waals surface area contributed by atoms with Crippen LogP contribution in [-0.2, 0) is 16.0 Å². The largest absolute Gasteiger partial charge is 0.480 e. The van der Waals surface area contributed by atoms with Crippen molar-refractivity contribution in [2.24, 2.45) is 5.92 Å². The summed E-state index contributed by atoms with van der Waals surface area (Å²) in [6, 6.07) is 13.1. The molecule has 0 aromatic heterocycles. The van der Waals surface area contributed by atoms with Gasteiger partial charge in [0.25, 0.3) is 11.8 Å². The van der Waals surface area contributed by atoms with E-state index in [4.69, 9.17) is 0 Å². The topological polar surface area (TPSA) is 104 Å². The molecule has 3 amide bonds. The van der Waals surface area contributed by atoms with E-state index >= 15 is 0 Å². The summed E-state index contributed by atoms with van der Waals surface area (Å²) in [7, 11) is 0. The van der Waals surface area contributed by atoms with E-state index in [1.54, 1.807) is 62.4 Å². The molecular formula is C22H22N2O5. The van der Waals surface area contributed by atoms with Gasteiger partial charge >= 0.3 is 5.97 Å². The Bertz CT molecular complexity index is 920. The van der Waals surface area contributed by atoms with E-state index in [1.165, 1.54) is 0 Å². The molecule has 1 aliphatic rings. The lowest BCUT2D eigenvalue weighted by Gasteiger charge is -2.28. The fourth-order valence-electron chi connectivity index (χ4n) is 3.39. The highest BCUT2D eigenvalue weighted by molar-refractivity contribution is 6.22. The summed E-state index contributed by atoms with van der Waals surface area (Å²) < 4.78 is 0. The molecule has 7 heteroatoms. The Morgan fingerprint density at radius 2 is 1.45 bits per heavy atom. The average Bonchev–Trinajstić information content (AvgIpc) is 2.95. The fraction of sp³-hybridized carbons (Fsp3) is 0.273. The highest BCUT2D eigenvalue weighted by atomic mass is 16.4. The van der Waals surface area contributed by atoms with Gasteiger partial charge in [0.1, 0.15) is 12.1 Å². The Morgan fingerprint density at radius 1 is 0.931 bits per heavy atom. The number of carboxylic acids is 1. The van der Waals surface area contributed by atoms with E-state index in [0.717, 1.165) is 10.5 Å². The molecule has 150 valence electrons. The highest BCUT2D eigenvalue weighted by Crippen LogP contribution is 2.26. The first-order valence-electron chi connectivity index (χ1n) is 9.35. The normalized spacial score (nSPS) is 15.2. The Kier molecular flexibility index (Phi) is 5.77. The van der Waals surface area contributed by atoms with E-state index < -0.39 is 35.8 Å². The summed E-state index contributed by atoms with van der Waals surface area (Å²) in [5.41, 5.74) is 1.23. The van der Waals surface area contributed by atoms with Gasteiger partial charge in [-0.1, -0.05) is 56.3 Å². The molecule has 0 unspecified atom stereocenters. The molecule has 3 rings (SSSR count). The monoisotopic (exact) mass is 394 g/mol. The number of nitrogens with one attached hydrogen (secondary N) is 1. The number of carbonyl (C=O) groups excluding carboxylic acids is 3. The minimum atomic E-state index is -1.17. The van der Waals surface area contributed by atoms with Gasteiger partial charge in [0.05, 0.1) is 11.1 Å². The number of rotatable bonds is 7. The number of carbonyl (C=O) groups is 4. The molecule has 0 saturated carbocycles. The summed E-state index contributed by atoms with van der Waals surface area (Å²) >= 11 is 0. The molecule has 1 aliphatic heterocycles. The van der Waals surface area contributed by atoms with E-state index in [9.17, 15) is 24.3 Å². The first-order valence-corrected chi connectivity index (χ1v) is 9.35. The van der Waals surface area contributed by atoms with Crippen molar-refractivity contribution in [3.8, 4) is 0 Å². The van der Waals surface area contributed by atoms with Gasteiger partial charge in [-0.2, -0.15) is 0 Å². The fourth-order valence-corrected chi connectivity index (χ4v) is 3.39. The maximum Gasteiger partial charge on any atom is 0.326 e. The Labute approximate surface area is 168 Å². The quantitative estimate of drug-likeness (QED) is 0.700. The lowest BCUT2D eigenvalue weighted by Crippen LogP contribution is -2.55. The van der Waals surface area contributed by atoms with Gasteiger partial charge in [0.15, 0.2) is 0 Å². The van der Waals surface area contributed by atoms with Crippen LogP contribution < -0.4 is 5.32 Å². The van der Waals surface area contributed by atoms with Crippen LogP contribution in [0.25, 0.3) is 0 Å². The van der Waals surface area contributed by atoms with Crippen LogP contribution in [0, 0.1) is 5.92 Å². The molecule has 2 N–H and O–H groups in total. The first-order chi connectivity index (χ1) is 13.8. The minimum Gasteiger partial charge on any atom is -0.480 e. The number of hydrogen-bond donors (Lipinski definition) is 2. The van der Waals surface area contributed by atoms with E-state index in [0.29, 0.717) is 0 Å². The number of fused-ring (bicyclic) bond motifs is 1. The first kappa shape index (κ1) is 20.3. The summed E-state index contributed by atoms with van der Waals surface area (Å²) in [5.74, 6) is -3.33. The lowest BCUT2D eigenvalue weighted by atomic mass is 10.0. The second kappa shape index (κ2) is 8.26. The molecule has 29 heavy (non-hydrogen) atoms. The van der Waals surface area contributed by atoms with Crippen LogP contribution >= 0.6 is 0 Å². The zero-order valence-corrected chi connectivity index (χ0v) is 16.2. The number of carboxylic acid groups (broad SMARTS) is 1. The van der Waals surface area contributed by atoms with Crippen molar-refractivity contribution in [1.29, 1.82) is 0 Å². The van der Waals surface area contributed by atoms with Crippen molar-refractivity contribution in [3.63, 3.8) is 0 Å². The molecule has 7 nitrogen and oxygen atoms in total. The predicted octanol–water partition coefficient (Wildman–Crippen LogP) is 2.12.